The number of nitro groups is 1. The average Bonchev–Trinajstić information content (AvgIpc) is 2.94. The van der Waals surface area contributed by atoms with Crippen molar-refractivity contribution < 1.29 is 18.1 Å². The van der Waals surface area contributed by atoms with Crippen molar-refractivity contribution in [2.75, 3.05) is 5.75 Å². The molecule has 0 fully saturated rings. The fraction of sp³-hybridized carbons (Fsp3) is 0.316. The molecular formula is C19H18N2O5S. The van der Waals surface area contributed by atoms with Crippen molar-refractivity contribution in [2.45, 2.75) is 31.6 Å². The molecule has 3 aliphatic rings. The van der Waals surface area contributed by atoms with E-state index in [0.717, 1.165) is 5.70 Å². The van der Waals surface area contributed by atoms with Gasteiger partial charge in [0.05, 0.1) is 27.1 Å². The Balaban J connectivity index is 1.97. The number of sulfone groups is 1. The smallest absolute Gasteiger partial charge is 0.276 e. The van der Waals surface area contributed by atoms with E-state index in [-0.39, 0.29) is 22.1 Å². The number of dihydropyridines is 1. The maximum absolute atomic E-state index is 12.7. The number of carbonyl (C=O) groups excluding carboxylic acids is 1. The minimum Gasteiger partial charge on any atom is -0.361 e. The highest BCUT2D eigenvalue weighted by atomic mass is 32.2. The monoisotopic (exact) mass is 386 g/mol. The molecule has 0 saturated carbocycles. The van der Waals surface area contributed by atoms with Crippen LogP contribution in [0.5, 0.6) is 0 Å². The molecule has 0 bridgehead atoms. The SMILES string of the molecule is C=Cc1ccc(C2C3=C(CCCC3=O)NC3=C2S(=O)(=O)CC3)cc1[N+](=O)[O-]. The number of ketones is 1. The molecule has 0 amide bonds. The maximum Gasteiger partial charge on any atom is 0.276 e. The normalized spacial score (nSPS) is 23.6. The predicted octanol–water partition coefficient (Wildman–Crippen LogP) is 2.96. The lowest BCUT2D eigenvalue weighted by Gasteiger charge is -2.33. The van der Waals surface area contributed by atoms with Gasteiger partial charge >= 0.3 is 0 Å². The number of nitrogens with one attached hydrogen (secondary N) is 1. The second-order valence-electron chi connectivity index (χ2n) is 6.92. The Morgan fingerprint density at radius 2 is 2.00 bits per heavy atom. The molecule has 140 valence electrons. The van der Waals surface area contributed by atoms with Crippen molar-refractivity contribution in [1.82, 2.24) is 5.32 Å². The van der Waals surface area contributed by atoms with Crippen LogP contribution in [-0.4, -0.2) is 24.9 Å². The third-order valence-electron chi connectivity index (χ3n) is 5.37. The van der Waals surface area contributed by atoms with E-state index < -0.39 is 20.7 Å². The second kappa shape index (κ2) is 6.16. The van der Waals surface area contributed by atoms with Crippen LogP contribution in [0.2, 0.25) is 0 Å². The van der Waals surface area contributed by atoms with Gasteiger partial charge in [0.25, 0.3) is 5.69 Å². The third kappa shape index (κ3) is 2.71. The molecule has 0 aromatic heterocycles. The zero-order valence-electron chi connectivity index (χ0n) is 14.5. The van der Waals surface area contributed by atoms with E-state index in [0.29, 0.717) is 48.1 Å². The van der Waals surface area contributed by atoms with Gasteiger partial charge in [-0.2, -0.15) is 0 Å². The number of nitro benzene ring substituents is 1. The molecule has 1 atom stereocenters. The highest BCUT2D eigenvalue weighted by Gasteiger charge is 2.44. The summed E-state index contributed by atoms with van der Waals surface area (Å²) in [5.74, 6) is -0.894. The quantitative estimate of drug-likeness (QED) is 0.632. The van der Waals surface area contributed by atoms with E-state index in [2.05, 4.69) is 11.9 Å². The summed E-state index contributed by atoms with van der Waals surface area (Å²) in [5, 5.41) is 14.6. The Morgan fingerprint density at radius 1 is 1.22 bits per heavy atom. The average molecular weight is 386 g/mol. The highest BCUT2D eigenvalue weighted by molar-refractivity contribution is 7.95. The van der Waals surface area contributed by atoms with Gasteiger partial charge in [-0.25, -0.2) is 8.42 Å². The van der Waals surface area contributed by atoms with Crippen molar-refractivity contribution >= 4 is 27.4 Å². The Bertz CT molecular complexity index is 1070. The molecule has 0 spiro atoms. The topological polar surface area (TPSA) is 106 Å². The summed E-state index contributed by atoms with van der Waals surface area (Å²) in [6.07, 6.45) is 3.49. The van der Waals surface area contributed by atoms with Gasteiger partial charge in [-0.05, 0) is 24.5 Å². The summed E-state index contributed by atoms with van der Waals surface area (Å²) >= 11 is 0. The van der Waals surface area contributed by atoms with Gasteiger partial charge in [-0.3, -0.25) is 14.9 Å². The molecule has 1 aromatic rings. The van der Waals surface area contributed by atoms with Gasteiger partial charge in [0.1, 0.15) is 0 Å². The van der Waals surface area contributed by atoms with Crippen LogP contribution in [-0.2, 0) is 14.6 Å². The zero-order valence-corrected chi connectivity index (χ0v) is 15.3. The first kappa shape index (κ1) is 17.7. The Labute approximate surface area is 156 Å². The molecule has 1 aromatic carbocycles. The Hall–Kier alpha value is -2.74. The maximum atomic E-state index is 12.7. The summed E-state index contributed by atoms with van der Waals surface area (Å²) < 4.78 is 25.4. The van der Waals surface area contributed by atoms with Crippen molar-refractivity contribution in [2.24, 2.45) is 0 Å². The fourth-order valence-electron chi connectivity index (χ4n) is 4.17. The van der Waals surface area contributed by atoms with Crippen LogP contribution in [0, 0.1) is 10.1 Å². The summed E-state index contributed by atoms with van der Waals surface area (Å²) in [4.78, 5) is 23.8. The number of carbonyl (C=O) groups is 1. The van der Waals surface area contributed by atoms with Crippen molar-refractivity contribution in [3.8, 4) is 0 Å². The van der Waals surface area contributed by atoms with Gasteiger partial charge < -0.3 is 5.32 Å². The second-order valence-corrected chi connectivity index (χ2v) is 9.00. The van der Waals surface area contributed by atoms with Crippen molar-refractivity contribution in [1.29, 1.82) is 0 Å². The number of hydrogen-bond acceptors (Lipinski definition) is 6. The van der Waals surface area contributed by atoms with E-state index in [9.17, 15) is 23.3 Å². The molecule has 1 unspecified atom stereocenters. The largest absolute Gasteiger partial charge is 0.361 e. The van der Waals surface area contributed by atoms with Gasteiger partial charge in [-0.1, -0.05) is 18.7 Å². The molecule has 2 aliphatic heterocycles. The molecule has 27 heavy (non-hydrogen) atoms. The summed E-state index contributed by atoms with van der Waals surface area (Å²) in [6, 6.07) is 4.58. The number of benzene rings is 1. The molecule has 2 heterocycles. The van der Waals surface area contributed by atoms with Gasteiger partial charge in [0.15, 0.2) is 15.6 Å². The van der Waals surface area contributed by atoms with Crippen molar-refractivity contribution in [3.63, 3.8) is 0 Å². The number of Topliss-reactive ketones (excluding diaryl/α,β-unsaturated/α-hetero) is 1. The standard InChI is InChI=1S/C19H18N2O5S/c1-2-11-6-7-12(10-15(11)21(23)24)17-18-13(4-3-5-16(18)22)20-14-8-9-27(25,26)19(14)17/h2,6-7,10,17,20H,1,3-5,8-9H2. The molecule has 1 N–H and O–H groups in total. The van der Waals surface area contributed by atoms with E-state index in [4.69, 9.17) is 0 Å². The summed E-state index contributed by atoms with van der Waals surface area (Å²) in [7, 11) is -3.53. The first-order valence-corrected chi connectivity index (χ1v) is 10.4. The molecule has 0 saturated heterocycles. The number of nitrogens with zero attached hydrogens (tertiary/aromatic N) is 1. The van der Waals surface area contributed by atoms with Gasteiger partial charge in [0.2, 0.25) is 0 Å². The number of hydrogen-bond donors (Lipinski definition) is 1. The van der Waals surface area contributed by atoms with E-state index in [1.165, 1.54) is 12.1 Å². The van der Waals surface area contributed by atoms with Crippen LogP contribution in [0.4, 0.5) is 5.69 Å². The van der Waals surface area contributed by atoms with Crippen LogP contribution < -0.4 is 5.32 Å². The number of allylic oxidation sites excluding steroid dienone is 4. The van der Waals surface area contributed by atoms with Crippen molar-refractivity contribution in [3.05, 3.63) is 67.9 Å². The minimum atomic E-state index is -3.53. The van der Waals surface area contributed by atoms with E-state index >= 15 is 0 Å². The molecule has 4 rings (SSSR count). The van der Waals surface area contributed by atoms with Crippen LogP contribution in [0.3, 0.4) is 0 Å². The molecular weight excluding hydrogens is 368 g/mol. The van der Waals surface area contributed by atoms with Gasteiger partial charge in [-0.15, -0.1) is 0 Å². The fourth-order valence-corrected chi connectivity index (χ4v) is 6.00. The lowest BCUT2D eigenvalue weighted by molar-refractivity contribution is -0.385. The van der Waals surface area contributed by atoms with Gasteiger partial charge in [0, 0.05) is 35.9 Å². The molecule has 1 aliphatic carbocycles. The summed E-state index contributed by atoms with van der Waals surface area (Å²) in [5.41, 5.74) is 2.46. The lowest BCUT2D eigenvalue weighted by Crippen LogP contribution is -2.32. The van der Waals surface area contributed by atoms with E-state index in [1.807, 2.05) is 0 Å². The third-order valence-corrected chi connectivity index (χ3v) is 7.26. The first-order valence-electron chi connectivity index (χ1n) is 8.73. The summed E-state index contributed by atoms with van der Waals surface area (Å²) in [6.45, 7) is 3.59. The molecule has 8 heteroatoms. The molecule has 7 nitrogen and oxygen atoms in total. The van der Waals surface area contributed by atoms with Crippen LogP contribution in [0.25, 0.3) is 6.08 Å². The van der Waals surface area contributed by atoms with Crippen LogP contribution in [0.15, 0.2) is 46.7 Å². The minimum absolute atomic E-state index is 0.0112. The lowest BCUT2D eigenvalue weighted by atomic mass is 9.79. The van der Waals surface area contributed by atoms with E-state index in [1.54, 1.807) is 12.1 Å². The Kier molecular flexibility index (Phi) is 4.03. The Morgan fingerprint density at radius 3 is 2.70 bits per heavy atom. The highest BCUT2D eigenvalue weighted by Crippen LogP contribution is 2.48. The van der Waals surface area contributed by atoms with Crippen LogP contribution in [0.1, 0.15) is 42.7 Å². The molecule has 0 radical (unpaired) electrons. The number of rotatable bonds is 3. The predicted molar refractivity (Wildman–Crippen MR) is 100 cm³/mol. The van der Waals surface area contributed by atoms with Crippen LogP contribution >= 0.6 is 0 Å². The zero-order chi connectivity index (χ0) is 19.3. The first-order chi connectivity index (χ1) is 12.8.